The Bertz CT molecular complexity index is 905. The average molecular weight is 421 g/mol. The van der Waals surface area contributed by atoms with Crippen molar-refractivity contribution in [3.8, 4) is 0 Å². The zero-order valence-corrected chi connectivity index (χ0v) is 17.7. The van der Waals surface area contributed by atoms with Gasteiger partial charge in [-0.2, -0.15) is 0 Å². The van der Waals surface area contributed by atoms with E-state index in [1.165, 1.54) is 19.5 Å². The maximum absolute atomic E-state index is 12.8. The molecule has 4 nitrogen and oxygen atoms in total. The highest BCUT2D eigenvalue weighted by molar-refractivity contribution is 7.18. The van der Waals surface area contributed by atoms with Gasteiger partial charge in [0.2, 0.25) is 0 Å². The summed E-state index contributed by atoms with van der Waals surface area (Å²) >= 11 is 9.37. The highest BCUT2D eigenvalue weighted by Gasteiger charge is 2.28. The molecule has 3 aromatic rings. The molecule has 1 unspecified atom stereocenters. The number of thiazole rings is 1. The van der Waals surface area contributed by atoms with Crippen LogP contribution in [0.25, 0.3) is 10.2 Å². The Kier molecular flexibility index (Phi) is 5.78. The largest absolute Gasteiger partial charge is 0.337 e. The lowest BCUT2D eigenvalue weighted by Gasteiger charge is -2.32. The Morgan fingerprint density at radius 3 is 2.93 bits per heavy atom. The highest BCUT2D eigenvalue weighted by atomic mass is 35.5. The van der Waals surface area contributed by atoms with Crippen molar-refractivity contribution in [2.24, 2.45) is 0 Å². The van der Waals surface area contributed by atoms with Gasteiger partial charge in [-0.15, -0.1) is 22.7 Å². The molecule has 3 heterocycles. The van der Waals surface area contributed by atoms with Crippen molar-refractivity contribution >= 4 is 50.4 Å². The van der Waals surface area contributed by atoms with E-state index in [1.807, 2.05) is 23.1 Å². The minimum Gasteiger partial charge on any atom is -0.337 e. The van der Waals surface area contributed by atoms with Crippen molar-refractivity contribution in [1.29, 1.82) is 0 Å². The molecule has 0 bridgehead atoms. The predicted molar refractivity (Wildman–Crippen MR) is 113 cm³/mol. The van der Waals surface area contributed by atoms with Crippen molar-refractivity contribution in [3.63, 3.8) is 0 Å². The molecule has 1 saturated heterocycles. The number of hydrogen-bond donors (Lipinski definition) is 1. The highest BCUT2D eigenvalue weighted by Crippen LogP contribution is 2.32. The number of hydrogen-bond acceptors (Lipinski definition) is 4. The van der Waals surface area contributed by atoms with Crippen molar-refractivity contribution in [2.45, 2.75) is 25.3 Å². The van der Waals surface area contributed by atoms with Gasteiger partial charge in [0.25, 0.3) is 5.91 Å². The second kappa shape index (κ2) is 8.27. The van der Waals surface area contributed by atoms with Gasteiger partial charge in [0.05, 0.1) is 31.5 Å². The van der Waals surface area contributed by atoms with Crippen LogP contribution in [0.4, 0.5) is 0 Å². The van der Waals surface area contributed by atoms with Gasteiger partial charge in [-0.1, -0.05) is 23.7 Å². The number of carbonyl (C=O) groups is 1. The van der Waals surface area contributed by atoms with E-state index in [0.717, 1.165) is 42.3 Å². The van der Waals surface area contributed by atoms with E-state index in [0.29, 0.717) is 12.5 Å². The normalized spacial score (nSPS) is 18.7. The first-order valence-corrected chi connectivity index (χ1v) is 11.3. The van der Waals surface area contributed by atoms with Crippen LogP contribution in [0, 0.1) is 0 Å². The van der Waals surface area contributed by atoms with Crippen LogP contribution < -0.4 is 4.90 Å². The summed E-state index contributed by atoms with van der Waals surface area (Å²) in [5.41, 5.74) is 1.07. The molecular weight excluding hydrogens is 398 g/mol. The van der Waals surface area contributed by atoms with Crippen LogP contribution in [0.5, 0.6) is 0 Å². The predicted octanol–water partition coefficient (Wildman–Crippen LogP) is 3.43. The number of nitrogens with one attached hydrogen (secondary N) is 1. The van der Waals surface area contributed by atoms with E-state index in [2.05, 4.69) is 25.2 Å². The molecule has 0 aliphatic carbocycles. The minimum absolute atomic E-state index is 0.237. The van der Waals surface area contributed by atoms with Crippen molar-refractivity contribution < 1.29 is 9.69 Å². The number of piperidine rings is 1. The molecule has 7 heteroatoms. The first-order valence-electron chi connectivity index (χ1n) is 9.27. The van der Waals surface area contributed by atoms with E-state index in [9.17, 15) is 4.79 Å². The smallest absolute Gasteiger partial charge is 0.277 e. The van der Waals surface area contributed by atoms with Gasteiger partial charge in [-0.05, 0) is 37.1 Å². The standard InChI is InChI=1S/C20H22ClN3OS2/c1-23(12-15-8-9-18(21)26-15)13-19(25)24-10-4-5-14(11-24)20-22-16-6-2-3-7-17(16)27-20/h2-3,6-9,14H,4-5,10-13H2,1H3/p+1/t14-/m0/s1. The van der Waals surface area contributed by atoms with Crippen molar-refractivity contribution in [2.75, 3.05) is 26.7 Å². The summed E-state index contributed by atoms with van der Waals surface area (Å²) in [5.74, 6) is 0.595. The number of amides is 1. The van der Waals surface area contributed by atoms with Crippen LogP contribution in [-0.2, 0) is 11.3 Å². The molecule has 1 aliphatic rings. The fourth-order valence-electron chi connectivity index (χ4n) is 3.65. The summed E-state index contributed by atoms with van der Waals surface area (Å²) in [7, 11) is 2.07. The number of rotatable bonds is 5. The van der Waals surface area contributed by atoms with Gasteiger partial charge in [-0.25, -0.2) is 4.98 Å². The molecule has 1 fully saturated rings. The number of likely N-dealkylation sites (N-methyl/N-ethyl adjacent to an activating group) is 1. The topological polar surface area (TPSA) is 37.6 Å². The molecule has 1 N–H and O–H groups in total. The van der Waals surface area contributed by atoms with E-state index < -0.39 is 0 Å². The Hall–Kier alpha value is -1.47. The van der Waals surface area contributed by atoms with Gasteiger partial charge in [0, 0.05) is 19.0 Å². The molecule has 0 saturated carbocycles. The Morgan fingerprint density at radius 1 is 1.30 bits per heavy atom. The SMILES string of the molecule is C[NH+](CC(=O)N1CCC[C@H](c2nc3ccccc3s2)C1)Cc1ccc(Cl)s1. The molecule has 0 radical (unpaired) electrons. The Balaban J connectivity index is 1.37. The number of carbonyl (C=O) groups excluding carboxylic acids is 1. The van der Waals surface area contributed by atoms with E-state index >= 15 is 0 Å². The number of likely N-dealkylation sites (tertiary alicyclic amines) is 1. The van der Waals surface area contributed by atoms with Crippen molar-refractivity contribution in [1.82, 2.24) is 9.88 Å². The first-order chi connectivity index (χ1) is 13.1. The zero-order valence-electron chi connectivity index (χ0n) is 15.3. The summed E-state index contributed by atoms with van der Waals surface area (Å²) in [6.45, 7) is 3.00. The molecule has 27 heavy (non-hydrogen) atoms. The van der Waals surface area contributed by atoms with Gasteiger partial charge >= 0.3 is 0 Å². The second-order valence-corrected chi connectivity index (χ2v) is 10.1. The lowest BCUT2D eigenvalue weighted by Crippen LogP contribution is -3.08. The lowest BCUT2D eigenvalue weighted by molar-refractivity contribution is -0.885. The van der Waals surface area contributed by atoms with E-state index in [4.69, 9.17) is 16.6 Å². The monoisotopic (exact) mass is 420 g/mol. The third-order valence-electron chi connectivity index (χ3n) is 4.99. The summed E-state index contributed by atoms with van der Waals surface area (Å²) in [4.78, 5) is 22.1. The molecule has 2 aromatic heterocycles. The molecule has 1 aromatic carbocycles. The van der Waals surface area contributed by atoms with Gasteiger partial charge in [-0.3, -0.25) is 4.79 Å². The number of halogens is 1. The number of thiophene rings is 1. The summed E-state index contributed by atoms with van der Waals surface area (Å²) in [5, 5.41) is 1.17. The third-order valence-corrected chi connectivity index (χ3v) is 7.42. The quantitative estimate of drug-likeness (QED) is 0.686. The van der Waals surface area contributed by atoms with Gasteiger partial charge in [0.1, 0.15) is 6.54 Å². The molecule has 1 amide bonds. The fraction of sp³-hybridized carbons (Fsp3) is 0.400. The maximum Gasteiger partial charge on any atom is 0.277 e. The molecule has 142 valence electrons. The van der Waals surface area contributed by atoms with Crippen LogP contribution in [0.3, 0.4) is 0 Å². The number of quaternary nitrogens is 1. The van der Waals surface area contributed by atoms with E-state index in [1.54, 1.807) is 22.7 Å². The maximum atomic E-state index is 12.8. The molecule has 4 rings (SSSR count). The van der Waals surface area contributed by atoms with E-state index in [-0.39, 0.29) is 5.91 Å². The number of para-hydroxylation sites is 1. The molecule has 1 aliphatic heterocycles. The summed E-state index contributed by atoms with van der Waals surface area (Å²) in [6.07, 6.45) is 2.16. The third kappa shape index (κ3) is 4.51. The van der Waals surface area contributed by atoms with Gasteiger partial charge < -0.3 is 9.80 Å². The molecule has 2 atom stereocenters. The Morgan fingerprint density at radius 2 is 2.15 bits per heavy atom. The number of nitrogens with zero attached hydrogens (tertiary/aromatic N) is 2. The molecular formula is C20H23ClN3OS2+. The van der Waals surface area contributed by atoms with Gasteiger partial charge in [0.15, 0.2) is 6.54 Å². The summed E-state index contributed by atoms with van der Waals surface area (Å²) in [6, 6.07) is 12.2. The number of benzene rings is 1. The molecule has 0 spiro atoms. The minimum atomic E-state index is 0.237. The fourth-order valence-corrected chi connectivity index (χ4v) is 5.94. The average Bonchev–Trinajstić information content (AvgIpc) is 3.27. The lowest BCUT2D eigenvalue weighted by atomic mass is 9.98. The van der Waals surface area contributed by atoms with Crippen LogP contribution in [0.2, 0.25) is 4.34 Å². The summed E-state index contributed by atoms with van der Waals surface area (Å²) < 4.78 is 2.04. The zero-order chi connectivity index (χ0) is 18.8. The second-order valence-electron chi connectivity index (χ2n) is 7.22. The van der Waals surface area contributed by atoms with Crippen LogP contribution in [-0.4, -0.2) is 42.5 Å². The Labute approximate surface area is 172 Å². The van der Waals surface area contributed by atoms with Crippen LogP contribution in [0.15, 0.2) is 36.4 Å². The van der Waals surface area contributed by atoms with Crippen LogP contribution >= 0.6 is 34.3 Å². The number of fused-ring (bicyclic) bond motifs is 1. The number of aromatic nitrogens is 1. The van der Waals surface area contributed by atoms with Crippen LogP contribution in [0.1, 0.15) is 28.6 Å². The van der Waals surface area contributed by atoms with Crippen molar-refractivity contribution in [3.05, 3.63) is 50.6 Å². The first kappa shape index (κ1) is 18.9.